The molecule has 0 fully saturated rings. The maximum atomic E-state index is 10.9. The van der Waals surface area contributed by atoms with Gasteiger partial charge in [-0.1, -0.05) is 19.4 Å². The Balaban J connectivity index is 2.29. The molecular formula is C15H24N2O4. The SMILES string of the molecule is CCCCOCCCNCc1ccc(OC)c([N+](=O)[O-])c1. The molecule has 1 rings (SSSR count). The molecule has 0 heterocycles. The minimum absolute atomic E-state index is 0.000279. The molecule has 118 valence electrons. The third kappa shape index (κ3) is 6.55. The Morgan fingerprint density at radius 1 is 1.29 bits per heavy atom. The normalized spacial score (nSPS) is 10.6. The molecule has 6 heteroatoms. The smallest absolute Gasteiger partial charge is 0.311 e. The van der Waals surface area contributed by atoms with E-state index in [-0.39, 0.29) is 11.4 Å². The van der Waals surface area contributed by atoms with Crippen molar-refractivity contribution in [3.8, 4) is 5.75 Å². The average Bonchev–Trinajstić information content (AvgIpc) is 2.49. The number of nitrogens with one attached hydrogen (secondary N) is 1. The first kappa shape index (κ1) is 17.4. The lowest BCUT2D eigenvalue weighted by Crippen LogP contribution is -2.16. The molecule has 21 heavy (non-hydrogen) atoms. The molecule has 1 aromatic rings. The highest BCUT2D eigenvalue weighted by molar-refractivity contribution is 5.48. The summed E-state index contributed by atoms with van der Waals surface area (Å²) in [7, 11) is 1.43. The van der Waals surface area contributed by atoms with E-state index in [4.69, 9.17) is 9.47 Å². The zero-order valence-corrected chi connectivity index (χ0v) is 12.8. The van der Waals surface area contributed by atoms with Crippen LogP contribution >= 0.6 is 0 Å². The van der Waals surface area contributed by atoms with E-state index < -0.39 is 4.92 Å². The Bertz CT molecular complexity index is 438. The Morgan fingerprint density at radius 3 is 2.71 bits per heavy atom. The third-order valence-electron chi connectivity index (χ3n) is 3.05. The van der Waals surface area contributed by atoms with Crippen molar-refractivity contribution >= 4 is 5.69 Å². The highest BCUT2D eigenvalue weighted by Gasteiger charge is 2.14. The van der Waals surface area contributed by atoms with Gasteiger partial charge < -0.3 is 14.8 Å². The Kier molecular flexibility index (Phi) is 8.38. The third-order valence-corrected chi connectivity index (χ3v) is 3.05. The lowest BCUT2D eigenvalue weighted by molar-refractivity contribution is -0.385. The van der Waals surface area contributed by atoms with Crippen LogP contribution in [0.2, 0.25) is 0 Å². The van der Waals surface area contributed by atoms with Gasteiger partial charge in [-0.25, -0.2) is 0 Å². The number of benzene rings is 1. The van der Waals surface area contributed by atoms with Gasteiger partial charge in [-0.3, -0.25) is 10.1 Å². The summed E-state index contributed by atoms with van der Waals surface area (Å²) in [6.45, 7) is 5.13. The van der Waals surface area contributed by atoms with Crippen LogP contribution in [0.3, 0.4) is 0 Å². The quantitative estimate of drug-likeness (QED) is 0.386. The lowest BCUT2D eigenvalue weighted by Gasteiger charge is -2.07. The van der Waals surface area contributed by atoms with Crippen molar-refractivity contribution in [1.82, 2.24) is 5.32 Å². The van der Waals surface area contributed by atoms with Crippen molar-refractivity contribution in [2.75, 3.05) is 26.9 Å². The fourth-order valence-corrected chi connectivity index (χ4v) is 1.87. The van der Waals surface area contributed by atoms with Crippen molar-refractivity contribution in [3.05, 3.63) is 33.9 Å². The molecule has 0 atom stereocenters. The highest BCUT2D eigenvalue weighted by atomic mass is 16.6. The number of unbranched alkanes of at least 4 members (excludes halogenated alkanes) is 1. The molecule has 0 amide bonds. The highest BCUT2D eigenvalue weighted by Crippen LogP contribution is 2.27. The first-order chi connectivity index (χ1) is 10.2. The van der Waals surface area contributed by atoms with Gasteiger partial charge in [-0.2, -0.15) is 0 Å². The Labute approximate surface area is 125 Å². The summed E-state index contributed by atoms with van der Waals surface area (Å²) in [5, 5.41) is 14.2. The summed E-state index contributed by atoms with van der Waals surface area (Å²) in [5.74, 6) is 0.285. The molecule has 0 aliphatic rings. The van der Waals surface area contributed by atoms with E-state index in [0.717, 1.165) is 44.6 Å². The molecule has 0 unspecified atom stereocenters. The molecule has 1 aromatic carbocycles. The van der Waals surface area contributed by atoms with Gasteiger partial charge >= 0.3 is 5.69 Å². The number of ether oxygens (including phenoxy) is 2. The molecule has 0 radical (unpaired) electrons. The van der Waals surface area contributed by atoms with Gasteiger partial charge in [0.05, 0.1) is 12.0 Å². The first-order valence-corrected chi connectivity index (χ1v) is 7.28. The summed E-state index contributed by atoms with van der Waals surface area (Å²) in [6, 6.07) is 5.00. The molecular weight excluding hydrogens is 272 g/mol. The van der Waals surface area contributed by atoms with Gasteiger partial charge in [0.2, 0.25) is 0 Å². The monoisotopic (exact) mass is 296 g/mol. The summed E-state index contributed by atoms with van der Waals surface area (Å²) < 4.78 is 10.4. The van der Waals surface area contributed by atoms with Crippen LogP contribution in [0.5, 0.6) is 5.75 Å². The Morgan fingerprint density at radius 2 is 2.05 bits per heavy atom. The van der Waals surface area contributed by atoms with Crippen LogP contribution in [0.25, 0.3) is 0 Å². The molecule has 0 aromatic heterocycles. The average molecular weight is 296 g/mol. The standard InChI is InChI=1S/C15H24N2O4/c1-3-4-9-21-10-5-8-16-12-13-6-7-15(20-2)14(11-13)17(18)19/h6-7,11,16H,3-5,8-10,12H2,1-2H3. The fourth-order valence-electron chi connectivity index (χ4n) is 1.87. The van der Waals surface area contributed by atoms with Crippen LogP contribution in [0.1, 0.15) is 31.7 Å². The van der Waals surface area contributed by atoms with Crippen molar-refractivity contribution < 1.29 is 14.4 Å². The second-order valence-corrected chi connectivity index (χ2v) is 4.76. The number of nitro groups is 1. The number of nitrogens with zero attached hydrogens (tertiary/aromatic N) is 1. The topological polar surface area (TPSA) is 73.6 Å². The molecule has 0 aliphatic carbocycles. The molecule has 0 bridgehead atoms. The van der Waals surface area contributed by atoms with Crippen molar-refractivity contribution in [2.45, 2.75) is 32.7 Å². The maximum Gasteiger partial charge on any atom is 0.311 e. The zero-order valence-electron chi connectivity index (χ0n) is 12.8. The van der Waals surface area contributed by atoms with Gasteiger partial charge in [-0.05, 0) is 31.0 Å². The van der Waals surface area contributed by atoms with Crippen LogP contribution < -0.4 is 10.1 Å². The minimum Gasteiger partial charge on any atom is -0.490 e. The number of rotatable bonds is 11. The molecule has 1 N–H and O–H groups in total. The second-order valence-electron chi connectivity index (χ2n) is 4.76. The zero-order chi connectivity index (χ0) is 15.5. The van der Waals surface area contributed by atoms with E-state index in [1.165, 1.54) is 7.11 Å². The van der Waals surface area contributed by atoms with Gasteiger partial charge in [0.15, 0.2) is 5.75 Å². The Hall–Kier alpha value is -1.66. The van der Waals surface area contributed by atoms with Crippen LogP contribution in [-0.4, -0.2) is 31.8 Å². The summed E-state index contributed by atoms with van der Waals surface area (Å²) >= 11 is 0. The van der Waals surface area contributed by atoms with E-state index in [1.807, 2.05) is 6.07 Å². The van der Waals surface area contributed by atoms with Gasteiger partial charge in [-0.15, -0.1) is 0 Å². The fraction of sp³-hybridized carbons (Fsp3) is 0.600. The lowest BCUT2D eigenvalue weighted by atomic mass is 10.2. The van der Waals surface area contributed by atoms with Crippen LogP contribution in [0.15, 0.2) is 18.2 Å². The van der Waals surface area contributed by atoms with Gasteiger partial charge in [0.1, 0.15) is 0 Å². The summed E-state index contributed by atoms with van der Waals surface area (Å²) in [6.07, 6.45) is 3.18. The number of methoxy groups -OCH3 is 1. The largest absolute Gasteiger partial charge is 0.490 e. The molecule has 0 saturated carbocycles. The molecule has 0 aliphatic heterocycles. The maximum absolute atomic E-state index is 10.9. The van der Waals surface area contributed by atoms with Crippen LogP contribution in [0.4, 0.5) is 5.69 Å². The van der Waals surface area contributed by atoms with Crippen LogP contribution in [-0.2, 0) is 11.3 Å². The predicted molar refractivity (Wildman–Crippen MR) is 81.7 cm³/mol. The molecule has 0 saturated heterocycles. The molecule has 0 spiro atoms. The van der Waals surface area contributed by atoms with Crippen molar-refractivity contribution in [1.29, 1.82) is 0 Å². The van der Waals surface area contributed by atoms with Crippen LogP contribution in [0, 0.1) is 10.1 Å². The summed E-state index contributed by atoms with van der Waals surface area (Å²) in [5.41, 5.74) is 0.870. The van der Waals surface area contributed by atoms with Crippen molar-refractivity contribution in [3.63, 3.8) is 0 Å². The molecule has 6 nitrogen and oxygen atoms in total. The van der Waals surface area contributed by atoms with E-state index in [0.29, 0.717) is 6.54 Å². The van der Waals surface area contributed by atoms with E-state index in [1.54, 1.807) is 12.1 Å². The van der Waals surface area contributed by atoms with Crippen molar-refractivity contribution in [2.24, 2.45) is 0 Å². The number of hydrogen-bond donors (Lipinski definition) is 1. The number of nitro benzene ring substituents is 1. The first-order valence-electron chi connectivity index (χ1n) is 7.28. The van der Waals surface area contributed by atoms with E-state index in [9.17, 15) is 10.1 Å². The van der Waals surface area contributed by atoms with E-state index in [2.05, 4.69) is 12.2 Å². The number of hydrogen-bond acceptors (Lipinski definition) is 5. The van der Waals surface area contributed by atoms with Gasteiger partial charge in [0.25, 0.3) is 0 Å². The van der Waals surface area contributed by atoms with Gasteiger partial charge in [0, 0.05) is 25.8 Å². The van der Waals surface area contributed by atoms with E-state index >= 15 is 0 Å². The second kappa shape index (κ2) is 10.1. The minimum atomic E-state index is -0.427. The summed E-state index contributed by atoms with van der Waals surface area (Å²) in [4.78, 5) is 10.5. The predicted octanol–water partition coefficient (Wildman–Crippen LogP) is 2.90.